The van der Waals surface area contributed by atoms with Gasteiger partial charge in [0.1, 0.15) is 5.82 Å². The Morgan fingerprint density at radius 1 is 1.39 bits per heavy atom. The quantitative estimate of drug-likeness (QED) is 0.681. The molecule has 4 nitrogen and oxygen atoms in total. The first kappa shape index (κ1) is 12.8. The molecule has 1 aromatic carbocycles. The van der Waals surface area contributed by atoms with Gasteiger partial charge >= 0.3 is 5.00 Å². The van der Waals surface area contributed by atoms with Crippen molar-refractivity contribution in [3.63, 3.8) is 0 Å². The molecule has 0 amide bonds. The molecule has 0 aliphatic rings. The van der Waals surface area contributed by atoms with Crippen molar-refractivity contribution in [3.05, 3.63) is 56.2 Å². The number of nitrogens with zero attached hydrogens (tertiary/aromatic N) is 1. The lowest BCUT2D eigenvalue weighted by Gasteiger charge is -2.04. The highest BCUT2D eigenvalue weighted by molar-refractivity contribution is 7.15. The second kappa shape index (κ2) is 5.32. The summed E-state index contributed by atoms with van der Waals surface area (Å²) in [5, 5.41) is 13.6. The van der Waals surface area contributed by atoms with Crippen LogP contribution in [0.2, 0.25) is 5.02 Å². The number of nitrogens with one attached hydrogen (secondary N) is 1. The van der Waals surface area contributed by atoms with Crippen molar-refractivity contribution < 1.29 is 9.31 Å². The molecule has 1 N–H and O–H groups in total. The number of hydrogen-bond donors (Lipinski definition) is 1. The van der Waals surface area contributed by atoms with Crippen LogP contribution in [0.15, 0.2) is 30.3 Å². The molecule has 0 aliphatic heterocycles. The van der Waals surface area contributed by atoms with Crippen molar-refractivity contribution in [2.75, 3.05) is 5.32 Å². The summed E-state index contributed by atoms with van der Waals surface area (Å²) in [6.07, 6.45) is 0. The van der Waals surface area contributed by atoms with Gasteiger partial charge in [0.05, 0.1) is 9.95 Å². The highest BCUT2D eigenvalue weighted by Crippen LogP contribution is 2.25. The molecule has 0 bridgehead atoms. The van der Waals surface area contributed by atoms with Gasteiger partial charge in [-0.15, -0.1) is 0 Å². The fourth-order valence-electron chi connectivity index (χ4n) is 1.35. The molecule has 1 heterocycles. The maximum absolute atomic E-state index is 13.2. The maximum atomic E-state index is 13.2. The zero-order valence-corrected chi connectivity index (χ0v) is 10.6. The lowest BCUT2D eigenvalue weighted by molar-refractivity contribution is -0.380. The van der Waals surface area contributed by atoms with E-state index in [1.165, 1.54) is 18.2 Å². The second-order valence-corrected chi connectivity index (χ2v) is 5.03. The van der Waals surface area contributed by atoms with Gasteiger partial charge in [-0.25, -0.2) is 4.39 Å². The second-order valence-electron chi connectivity index (χ2n) is 3.48. The van der Waals surface area contributed by atoms with Crippen LogP contribution in [-0.2, 0) is 6.54 Å². The molecule has 2 aromatic rings. The van der Waals surface area contributed by atoms with Gasteiger partial charge in [-0.2, -0.15) is 0 Å². The van der Waals surface area contributed by atoms with Gasteiger partial charge in [-0.05, 0) is 24.3 Å². The average Bonchev–Trinajstić information content (AvgIpc) is 2.79. The fourth-order valence-corrected chi connectivity index (χ4v) is 2.23. The fraction of sp³-hybridized carbons (Fsp3) is 0.0909. The molecule has 0 unspecified atom stereocenters. The van der Waals surface area contributed by atoms with Crippen molar-refractivity contribution in [1.29, 1.82) is 0 Å². The molecule has 0 atom stereocenters. The number of halogens is 2. The van der Waals surface area contributed by atoms with Gasteiger partial charge in [0, 0.05) is 23.2 Å². The van der Waals surface area contributed by atoms with Gasteiger partial charge in [0.25, 0.3) is 0 Å². The topological polar surface area (TPSA) is 55.2 Å². The molecule has 1 aromatic heterocycles. The van der Waals surface area contributed by atoms with Crippen LogP contribution in [0.25, 0.3) is 0 Å². The van der Waals surface area contributed by atoms with Gasteiger partial charge in [-0.3, -0.25) is 10.1 Å². The van der Waals surface area contributed by atoms with Gasteiger partial charge in [0.2, 0.25) is 0 Å². The van der Waals surface area contributed by atoms with Crippen molar-refractivity contribution >= 4 is 33.6 Å². The molecule has 0 saturated heterocycles. The zero-order chi connectivity index (χ0) is 13.1. The van der Waals surface area contributed by atoms with E-state index in [0.717, 1.165) is 16.2 Å². The Labute approximate surface area is 111 Å². The normalized spacial score (nSPS) is 10.3. The van der Waals surface area contributed by atoms with E-state index in [9.17, 15) is 14.5 Å². The molecule has 7 heteroatoms. The van der Waals surface area contributed by atoms with Crippen LogP contribution < -0.4 is 5.32 Å². The third-order valence-electron chi connectivity index (χ3n) is 2.21. The van der Waals surface area contributed by atoms with Crippen LogP contribution in [0.4, 0.5) is 15.1 Å². The minimum atomic E-state index is -0.501. The van der Waals surface area contributed by atoms with E-state index >= 15 is 0 Å². The molecule has 0 fully saturated rings. The van der Waals surface area contributed by atoms with E-state index in [2.05, 4.69) is 5.32 Å². The SMILES string of the molecule is O=[N+]([O-])c1ccc(CNc2ccc(Cl)c(F)c2)s1. The van der Waals surface area contributed by atoms with E-state index in [4.69, 9.17) is 11.6 Å². The number of thiophene rings is 1. The predicted octanol–water partition coefficient (Wildman–Crippen LogP) is 4.06. The first-order valence-corrected chi connectivity index (χ1v) is 6.18. The maximum Gasteiger partial charge on any atom is 0.324 e. The molecular formula is C11H8ClFN2O2S. The van der Waals surface area contributed by atoms with Crippen molar-refractivity contribution in [3.8, 4) is 0 Å². The summed E-state index contributed by atoms with van der Waals surface area (Å²) in [5.41, 5.74) is 0.577. The van der Waals surface area contributed by atoms with Crippen LogP contribution in [0, 0.1) is 15.9 Å². The van der Waals surface area contributed by atoms with E-state index in [1.807, 2.05) is 0 Å². The number of benzene rings is 1. The smallest absolute Gasteiger partial charge is 0.324 e. The lowest BCUT2D eigenvalue weighted by Crippen LogP contribution is -1.97. The van der Waals surface area contributed by atoms with Crippen LogP contribution in [0.3, 0.4) is 0 Å². The third kappa shape index (κ3) is 2.96. The Kier molecular flexibility index (Phi) is 3.78. The first-order chi connectivity index (χ1) is 8.56. The zero-order valence-electron chi connectivity index (χ0n) is 9.02. The van der Waals surface area contributed by atoms with Crippen LogP contribution in [0.5, 0.6) is 0 Å². The van der Waals surface area contributed by atoms with E-state index in [1.54, 1.807) is 12.1 Å². The molecule has 0 spiro atoms. The highest BCUT2D eigenvalue weighted by atomic mass is 35.5. The number of hydrogen-bond acceptors (Lipinski definition) is 4. The molecule has 0 radical (unpaired) electrons. The van der Waals surface area contributed by atoms with E-state index in [0.29, 0.717) is 12.2 Å². The number of rotatable bonds is 4. The minimum absolute atomic E-state index is 0.0623. The highest BCUT2D eigenvalue weighted by Gasteiger charge is 2.09. The average molecular weight is 287 g/mol. The Bertz CT molecular complexity index is 588. The minimum Gasteiger partial charge on any atom is -0.380 e. The summed E-state index contributed by atoms with van der Waals surface area (Å²) in [4.78, 5) is 10.9. The lowest BCUT2D eigenvalue weighted by atomic mass is 10.3. The third-order valence-corrected chi connectivity index (χ3v) is 3.56. The van der Waals surface area contributed by atoms with Crippen LogP contribution >= 0.6 is 22.9 Å². The molecule has 0 aliphatic carbocycles. The monoisotopic (exact) mass is 286 g/mol. The predicted molar refractivity (Wildman–Crippen MR) is 69.7 cm³/mol. The standard InChI is InChI=1S/C11H8ClFN2O2S/c12-9-3-1-7(5-10(9)13)14-6-8-2-4-11(18-8)15(16)17/h1-5,14H,6H2. The molecule has 18 heavy (non-hydrogen) atoms. The number of nitro groups is 1. The van der Waals surface area contributed by atoms with Crippen molar-refractivity contribution in [2.45, 2.75) is 6.54 Å². The summed E-state index contributed by atoms with van der Waals surface area (Å²) in [5.74, 6) is -0.501. The van der Waals surface area contributed by atoms with Gasteiger partial charge in [0.15, 0.2) is 0 Å². The summed E-state index contributed by atoms with van der Waals surface area (Å²) < 4.78 is 13.2. The Morgan fingerprint density at radius 2 is 2.17 bits per heavy atom. The largest absolute Gasteiger partial charge is 0.380 e. The summed E-state index contributed by atoms with van der Waals surface area (Å²) in [7, 11) is 0. The molecular weight excluding hydrogens is 279 g/mol. The van der Waals surface area contributed by atoms with Gasteiger partial charge in [-0.1, -0.05) is 22.9 Å². The summed E-state index contributed by atoms with van der Waals surface area (Å²) >= 11 is 6.65. The number of anilines is 1. The van der Waals surface area contributed by atoms with Crippen molar-refractivity contribution in [2.24, 2.45) is 0 Å². The van der Waals surface area contributed by atoms with E-state index in [-0.39, 0.29) is 10.0 Å². The first-order valence-electron chi connectivity index (χ1n) is 4.98. The molecule has 0 saturated carbocycles. The van der Waals surface area contributed by atoms with Crippen LogP contribution in [-0.4, -0.2) is 4.92 Å². The van der Waals surface area contributed by atoms with E-state index < -0.39 is 10.7 Å². The van der Waals surface area contributed by atoms with Crippen LogP contribution in [0.1, 0.15) is 4.88 Å². The van der Waals surface area contributed by atoms with Crippen molar-refractivity contribution in [1.82, 2.24) is 0 Å². The Hall–Kier alpha value is -1.66. The Morgan fingerprint density at radius 3 is 2.78 bits per heavy atom. The Balaban J connectivity index is 2.02. The molecule has 94 valence electrons. The molecule has 2 rings (SSSR count). The summed E-state index contributed by atoms with van der Waals surface area (Å²) in [6, 6.07) is 7.50. The summed E-state index contributed by atoms with van der Waals surface area (Å²) in [6.45, 7) is 0.402. The van der Waals surface area contributed by atoms with Gasteiger partial charge < -0.3 is 5.32 Å².